The summed E-state index contributed by atoms with van der Waals surface area (Å²) in [5.74, 6) is 0.116. The van der Waals surface area contributed by atoms with Gasteiger partial charge in [0.1, 0.15) is 0 Å². The lowest BCUT2D eigenvalue weighted by Gasteiger charge is -2.25. The van der Waals surface area contributed by atoms with Gasteiger partial charge in [-0.3, -0.25) is 9.69 Å². The first-order chi connectivity index (χ1) is 8.70. The first kappa shape index (κ1) is 12.0. The van der Waals surface area contributed by atoms with Crippen LogP contribution in [0.4, 0.5) is 0 Å². The summed E-state index contributed by atoms with van der Waals surface area (Å²) in [6.45, 7) is 3.00. The first-order valence-corrected chi connectivity index (χ1v) is 7.07. The number of nitrogens with zero attached hydrogens (tertiary/aromatic N) is 1. The summed E-state index contributed by atoms with van der Waals surface area (Å²) < 4.78 is 1.25. The third-order valence-corrected chi connectivity index (χ3v) is 4.36. The molecule has 0 atom stereocenters. The summed E-state index contributed by atoms with van der Waals surface area (Å²) in [5.41, 5.74) is 0. The molecule has 0 radical (unpaired) electrons. The molecule has 3 rings (SSSR count). The minimum absolute atomic E-state index is 0.116. The van der Waals surface area contributed by atoms with Gasteiger partial charge < -0.3 is 5.32 Å². The molecule has 2 heterocycles. The van der Waals surface area contributed by atoms with Gasteiger partial charge in [0.15, 0.2) is 0 Å². The summed E-state index contributed by atoms with van der Waals surface area (Å²) >= 11 is 7.75. The number of amides is 1. The van der Waals surface area contributed by atoms with E-state index in [4.69, 9.17) is 11.6 Å². The molecule has 1 aliphatic rings. The SMILES string of the molecule is O=C1CN(Cc2cc3cc(Cl)ccc3s2)CCN1. The molecule has 94 valence electrons. The van der Waals surface area contributed by atoms with E-state index in [9.17, 15) is 4.79 Å². The van der Waals surface area contributed by atoms with Gasteiger partial charge in [-0.05, 0) is 29.7 Å². The zero-order chi connectivity index (χ0) is 12.5. The molecule has 18 heavy (non-hydrogen) atoms. The fourth-order valence-corrected chi connectivity index (χ4v) is 3.46. The molecular weight excluding hydrogens is 268 g/mol. The number of benzene rings is 1. The second-order valence-corrected chi connectivity index (χ2v) is 6.06. The first-order valence-electron chi connectivity index (χ1n) is 5.88. The summed E-state index contributed by atoms with van der Waals surface area (Å²) in [7, 11) is 0. The van der Waals surface area contributed by atoms with Crippen molar-refractivity contribution in [1.29, 1.82) is 0 Å². The van der Waals surface area contributed by atoms with Crippen molar-refractivity contribution >= 4 is 38.9 Å². The van der Waals surface area contributed by atoms with Gasteiger partial charge in [0.05, 0.1) is 6.54 Å². The van der Waals surface area contributed by atoms with E-state index in [1.807, 2.05) is 12.1 Å². The maximum Gasteiger partial charge on any atom is 0.234 e. The highest BCUT2D eigenvalue weighted by atomic mass is 35.5. The molecule has 1 aliphatic heterocycles. The highest BCUT2D eigenvalue weighted by Gasteiger charge is 2.16. The molecule has 0 unspecified atom stereocenters. The number of hydrogen-bond acceptors (Lipinski definition) is 3. The van der Waals surface area contributed by atoms with Gasteiger partial charge in [0, 0.05) is 34.2 Å². The van der Waals surface area contributed by atoms with E-state index >= 15 is 0 Å². The number of thiophene rings is 1. The Bertz CT molecular complexity index is 596. The molecule has 1 amide bonds. The smallest absolute Gasteiger partial charge is 0.234 e. The predicted molar refractivity (Wildman–Crippen MR) is 75.1 cm³/mol. The normalized spacial score (nSPS) is 17.1. The summed E-state index contributed by atoms with van der Waals surface area (Å²) in [5, 5.41) is 4.79. The number of hydrogen-bond donors (Lipinski definition) is 1. The fourth-order valence-electron chi connectivity index (χ4n) is 2.19. The number of nitrogens with one attached hydrogen (secondary N) is 1. The van der Waals surface area contributed by atoms with Crippen LogP contribution in [0.25, 0.3) is 10.1 Å². The Morgan fingerprint density at radius 2 is 2.28 bits per heavy atom. The van der Waals surface area contributed by atoms with Crippen LogP contribution in [-0.2, 0) is 11.3 Å². The van der Waals surface area contributed by atoms with Crippen molar-refractivity contribution in [2.24, 2.45) is 0 Å². The molecule has 1 aromatic heterocycles. The van der Waals surface area contributed by atoms with Crippen molar-refractivity contribution < 1.29 is 4.79 Å². The maximum atomic E-state index is 11.3. The van der Waals surface area contributed by atoms with Gasteiger partial charge in [0.2, 0.25) is 5.91 Å². The quantitative estimate of drug-likeness (QED) is 0.917. The van der Waals surface area contributed by atoms with Crippen LogP contribution in [0.15, 0.2) is 24.3 Å². The highest BCUT2D eigenvalue weighted by Crippen LogP contribution is 2.28. The van der Waals surface area contributed by atoms with Crippen LogP contribution in [0.2, 0.25) is 5.02 Å². The van der Waals surface area contributed by atoms with Crippen LogP contribution in [-0.4, -0.2) is 30.4 Å². The number of piperazine rings is 1. The number of rotatable bonds is 2. The Kier molecular flexibility index (Phi) is 3.24. The van der Waals surface area contributed by atoms with Crippen molar-refractivity contribution in [3.8, 4) is 0 Å². The zero-order valence-electron chi connectivity index (χ0n) is 9.78. The molecule has 5 heteroatoms. The molecule has 1 N–H and O–H groups in total. The largest absolute Gasteiger partial charge is 0.354 e. The van der Waals surface area contributed by atoms with E-state index in [1.165, 1.54) is 15.0 Å². The molecule has 1 fully saturated rings. The van der Waals surface area contributed by atoms with Crippen LogP contribution in [0.5, 0.6) is 0 Å². The van der Waals surface area contributed by atoms with Crippen molar-refractivity contribution in [2.75, 3.05) is 19.6 Å². The predicted octanol–water partition coefficient (Wildman–Crippen LogP) is 2.49. The Morgan fingerprint density at radius 3 is 3.11 bits per heavy atom. The molecule has 2 aromatic rings. The maximum absolute atomic E-state index is 11.3. The molecule has 0 aliphatic carbocycles. The minimum atomic E-state index is 0.116. The van der Waals surface area contributed by atoms with Crippen LogP contribution < -0.4 is 5.32 Å². The Morgan fingerprint density at radius 1 is 1.39 bits per heavy atom. The molecular formula is C13H13ClN2OS. The minimum Gasteiger partial charge on any atom is -0.354 e. The van der Waals surface area contributed by atoms with Crippen molar-refractivity contribution in [3.63, 3.8) is 0 Å². The summed E-state index contributed by atoms with van der Waals surface area (Å²) in [6.07, 6.45) is 0. The molecule has 0 saturated carbocycles. The molecule has 1 aromatic carbocycles. The van der Waals surface area contributed by atoms with E-state index < -0.39 is 0 Å². The van der Waals surface area contributed by atoms with E-state index in [2.05, 4.69) is 22.3 Å². The molecule has 0 spiro atoms. The molecule has 0 bridgehead atoms. The van der Waals surface area contributed by atoms with E-state index in [-0.39, 0.29) is 5.91 Å². The van der Waals surface area contributed by atoms with E-state index in [0.29, 0.717) is 6.54 Å². The monoisotopic (exact) mass is 280 g/mol. The van der Waals surface area contributed by atoms with Crippen molar-refractivity contribution in [3.05, 3.63) is 34.2 Å². The van der Waals surface area contributed by atoms with Crippen molar-refractivity contribution in [2.45, 2.75) is 6.54 Å². The van der Waals surface area contributed by atoms with Crippen LogP contribution >= 0.6 is 22.9 Å². The number of carbonyl (C=O) groups excluding carboxylic acids is 1. The second-order valence-electron chi connectivity index (χ2n) is 4.46. The number of carbonyl (C=O) groups is 1. The second kappa shape index (κ2) is 4.88. The average molecular weight is 281 g/mol. The fraction of sp³-hybridized carbons (Fsp3) is 0.308. The van der Waals surface area contributed by atoms with E-state index in [1.54, 1.807) is 11.3 Å². The number of fused-ring (bicyclic) bond motifs is 1. The number of halogens is 1. The Balaban J connectivity index is 1.80. The van der Waals surface area contributed by atoms with Gasteiger partial charge in [0.25, 0.3) is 0 Å². The topological polar surface area (TPSA) is 32.3 Å². The Labute approximate surface area is 114 Å². The third-order valence-electron chi connectivity index (χ3n) is 3.03. The van der Waals surface area contributed by atoms with Gasteiger partial charge in [-0.15, -0.1) is 11.3 Å². The summed E-state index contributed by atoms with van der Waals surface area (Å²) in [4.78, 5) is 14.8. The van der Waals surface area contributed by atoms with Gasteiger partial charge >= 0.3 is 0 Å². The van der Waals surface area contributed by atoms with Crippen LogP contribution in [0, 0.1) is 0 Å². The average Bonchev–Trinajstić information content (AvgIpc) is 2.70. The van der Waals surface area contributed by atoms with E-state index in [0.717, 1.165) is 24.7 Å². The molecule has 1 saturated heterocycles. The van der Waals surface area contributed by atoms with Crippen LogP contribution in [0.1, 0.15) is 4.88 Å². The highest BCUT2D eigenvalue weighted by molar-refractivity contribution is 7.19. The lowest BCUT2D eigenvalue weighted by molar-refractivity contribution is -0.124. The van der Waals surface area contributed by atoms with Crippen molar-refractivity contribution in [1.82, 2.24) is 10.2 Å². The standard InChI is InChI=1S/C13H13ClN2OS/c14-10-1-2-12-9(5-10)6-11(18-12)7-16-4-3-15-13(17)8-16/h1-2,5-6H,3-4,7-8H2,(H,15,17). The summed E-state index contributed by atoms with van der Waals surface area (Å²) in [6, 6.07) is 8.12. The Hall–Kier alpha value is -1.10. The van der Waals surface area contributed by atoms with Gasteiger partial charge in [-0.1, -0.05) is 11.6 Å². The molecule has 3 nitrogen and oxygen atoms in total. The third kappa shape index (κ3) is 2.51. The van der Waals surface area contributed by atoms with Crippen LogP contribution in [0.3, 0.4) is 0 Å². The van der Waals surface area contributed by atoms with Gasteiger partial charge in [-0.2, -0.15) is 0 Å². The van der Waals surface area contributed by atoms with Gasteiger partial charge in [-0.25, -0.2) is 0 Å². The lowest BCUT2D eigenvalue weighted by Crippen LogP contribution is -2.46. The lowest BCUT2D eigenvalue weighted by atomic mass is 10.2. The zero-order valence-corrected chi connectivity index (χ0v) is 11.4.